The van der Waals surface area contributed by atoms with Crippen LogP contribution in [0.15, 0.2) is 34.5 Å². The van der Waals surface area contributed by atoms with Crippen LogP contribution in [0.1, 0.15) is 38.8 Å². The van der Waals surface area contributed by atoms with Crippen molar-refractivity contribution in [1.82, 2.24) is 24.3 Å². The lowest BCUT2D eigenvalue weighted by Gasteiger charge is -2.20. The van der Waals surface area contributed by atoms with Gasteiger partial charge in [0.2, 0.25) is 5.91 Å². The number of hydrogen-bond acceptors (Lipinski definition) is 6. The largest absolute Gasteiger partial charge is 0.311 e. The number of aryl methyl sites for hydroxylation is 1. The van der Waals surface area contributed by atoms with Gasteiger partial charge in [0.1, 0.15) is 11.2 Å². The number of pyridine rings is 1. The first-order chi connectivity index (χ1) is 13.2. The molecule has 0 aromatic carbocycles. The molecule has 146 valence electrons. The number of carbonyl (C=O) groups excluding carboxylic acids is 1. The number of amides is 1. The van der Waals surface area contributed by atoms with Crippen LogP contribution in [0.4, 0.5) is 5.82 Å². The molecule has 3 aromatic heterocycles. The Morgan fingerprint density at radius 1 is 1.39 bits per heavy atom. The van der Waals surface area contributed by atoms with Crippen molar-refractivity contribution in [2.24, 2.45) is 0 Å². The fraction of sp³-hybridized carbons (Fsp3) is 0.421. The molecular formula is C19H22N6O2S. The number of anilines is 1. The van der Waals surface area contributed by atoms with Crippen LogP contribution < -0.4 is 10.9 Å². The Morgan fingerprint density at radius 2 is 2.18 bits per heavy atom. The number of carbonyl (C=O) groups is 1. The van der Waals surface area contributed by atoms with E-state index >= 15 is 0 Å². The summed E-state index contributed by atoms with van der Waals surface area (Å²) in [6, 6.07) is 3.44. The van der Waals surface area contributed by atoms with E-state index in [1.807, 2.05) is 39.8 Å². The Morgan fingerprint density at radius 3 is 2.89 bits per heavy atom. The molecule has 1 aliphatic heterocycles. The zero-order valence-electron chi connectivity index (χ0n) is 16.3. The predicted octanol–water partition coefficient (Wildman–Crippen LogP) is 2.73. The molecule has 28 heavy (non-hydrogen) atoms. The molecule has 1 N–H and O–H groups in total. The summed E-state index contributed by atoms with van der Waals surface area (Å²) in [4.78, 5) is 34.4. The van der Waals surface area contributed by atoms with Crippen molar-refractivity contribution in [1.29, 1.82) is 0 Å². The lowest BCUT2D eigenvalue weighted by molar-refractivity contribution is -0.116. The number of nitrogens with zero attached hydrogens (tertiary/aromatic N) is 5. The summed E-state index contributed by atoms with van der Waals surface area (Å²) in [5, 5.41) is 8.28. The summed E-state index contributed by atoms with van der Waals surface area (Å²) in [5.41, 5.74) is 1.19. The van der Waals surface area contributed by atoms with Crippen LogP contribution in [0, 0.1) is 6.92 Å². The van der Waals surface area contributed by atoms with E-state index in [0.717, 1.165) is 5.56 Å². The van der Waals surface area contributed by atoms with Crippen molar-refractivity contribution in [3.8, 4) is 0 Å². The normalized spacial score (nSPS) is 16.4. The first-order valence-corrected chi connectivity index (χ1v) is 10.1. The lowest BCUT2D eigenvalue weighted by atomic mass is 10.1. The smallest absolute Gasteiger partial charge is 0.265 e. The Labute approximate surface area is 166 Å². The van der Waals surface area contributed by atoms with Crippen LogP contribution in [-0.4, -0.2) is 36.0 Å². The number of nitrogens with one attached hydrogen (secondary N) is 1. The van der Waals surface area contributed by atoms with E-state index in [1.54, 1.807) is 21.6 Å². The number of rotatable bonds is 3. The van der Waals surface area contributed by atoms with E-state index in [9.17, 15) is 9.59 Å². The molecule has 0 fully saturated rings. The molecule has 4 rings (SSSR count). The van der Waals surface area contributed by atoms with Crippen molar-refractivity contribution in [2.75, 3.05) is 11.1 Å². The minimum Gasteiger partial charge on any atom is -0.311 e. The van der Waals surface area contributed by atoms with E-state index in [1.165, 1.54) is 11.8 Å². The Balaban J connectivity index is 1.62. The molecule has 1 aliphatic rings. The van der Waals surface area contributed by atoms with Crippen molar-refractivity contribution in [2.45, 2.75) is 50.9 Å². The highest BCUT2D eigenvalue weighted by Crippen LogP contribution is 2.33. The first-order valence-electron chi connectivity index (χ1n) is 9.10. The van der Waals surface area contributed by atoms with Crippen molar-refractivity contribution < 1.29 is 4.79 Å². The van der Waals surface area contributed by atoms with Crippen LogP contribution in [0.2, 0.25) is 0 Å². The van der Waals surface area contributed by atoms with Crippen molar-refractivity contribution >= 4 is 34.5 Å². The van der Waals surface area contributed by atoms with Crippen molar-refractivity contribution in [3.05, 3.63) is 40.4 Å². The number of fused-ring (bicyclic) bond motifs is 2. The van der Waals surface area contributed by atoms with Gasteiger partial charge in [0.15, 0.2) is 10.8 Å². The van der Waals surface area contributed by atoms with Gasteiger partial charge < -0.3 is 5.32 Å². The van der Waals surface area contributed by atoms with Gasteiger partial charge in [-0.2, -0.15) is 5.10 Å². The molecule has 0 radical (unpaired) electrons. The van der Waals surface area contributed by atoms with Gasteiger partial charge in [-0.25, -0.2) is 14.6 Å². The highest BCUT2D eigenvalue weighted by molar-refractivity contribution is 7.99. The molecular weight excluding hydrogens is 376 g/mol. The van der Waals surface area contributed by atoms with E-state index in [2.05, 4.69) is 20.4 Å². The van der Waals surface area contributed by atoms with Crippen LogP contribution >= 0.6 is 11.8 Å². The summed E-state index contributed by atoms with van der Waals surface area (Å²) in [5.74, 6) is 0.976. The van der Waals surface area contributed by atoms with E-state index in [4.69, 9.17) is 0 Å². The van der Waals surface area contributed by atoms with E-state index in [0.29, 0.717) is 27.8 Å². The summed E-state index contributed by atoms with van der Waals surface area (Å²) >= 11 is 1.49. The fourth-order valence-corrected chi connectivity index (χ4v) is 4.41. The van der Waals surface area contributed by atoms with Gasteiger partial charge >= 0.3 is 0 Å². The summed E-state index contributed by atoms with van der Waals surface area (Å²) in [6.45, 7) is 8.00. The fourth-order valence-electron chi connectivity index (χ4n) is 3.28. The predicted molar refractivity (Wildman–Crippen MR) is 109 cm³/mol. The number of aromatic nitrogens is 5. The van der Waals surface area contributed by atoms with E-state index < -0.39 is 0 Å². The second-order valence-corrected chi connectivity index (χ2v) is 8.96. The van der Waals surface area contributed by atoms with Gasteiger partial charge in [0, 0.05) is 18.4 Å². The van der Waals surface area contributed by atoms with Crippen molar-refractivity contribution in [3.63, 3.8) is 0 Å². The molecule has 0 aliphatic carbocycles. The Hall–Kier alpha value is -2.68. The summed E-state index contributed by atoms with van der Waals surface area (Å²) in [7, 11) is 0. The minimum absolute atomic E-state index is 0.146. The quantitative estimate of drug-likeness (QED) is 0.682. The molecule has 9 heteroatoms. The van der Waals surface area contributed by atoms with Crippen LogP contribution in [0.25, 0.3) is 11.0 Å². The third-order valence-electron chi connectivity index (χ3n) is 4.61. The summed E-state index contributed by atoms with van der Waals surface area (Å²) in [6.07, 6.45) is 3.42. The third kappa shape index (κ3) is 3.30. The molecule has 0 saturated carbocycles. The average molecular weight is 398 g/mol. The first kappa shape index (κ1) is 18.7. The number of hydrogen-bond donors (Lipinski definition) is 1. The molecule has 1 atom stereocenters. The second-order valence-electron chi connectivity index (χ2n) is 7.97. The van der Waals surface area contributed by atoms with E-state index in [-0.39, 0.29) is 29.5 Å². The zero-order valence-corrected chi connectivity index (χ0v) is 17.1. The molecule has 1 amide bonds. The van der Waals surface area contributed by atoms with Crippen LogP contribution in [-0.2, 0) is 10.3 Å². The minimum atomic E-state index is -0.274. The van der Waals surface area contributed by atoms with Gasteiger partial charge in [-0.05, 0) is 45.4 Å². The molecule has 0 spiro atoms. The number of thioether (sulfide) groups is 1. The molecule has 0 saturated heterocycles. The Bertz CT molecular complexity index is 1130. The van der Waals surface area contributed by atoms with Crippen LogP contribution in [0.5, 0.6) is 0 Å². The van der Waals surface area contributed by atoms with Gasteiger partial charge in [-0.15, -0.1) is 0 Å². The SMILES string of the molecule is Cc1ccnc(NC(=O)CC2CSc3nc4c(cnn4C(C)(C)C)c(=O)n32)c1. The van der Waals surface area contributed by atoms with Gasteiger partial charge in [-0.3, -0.25) is 14.2 Å². The maximum absolute atomic E-state index is 13.1. The lowest BCUT2D eigenvalue weighted by Crippen LogP contribution is -2.29. The highest BCUT2D eigenvalue weighted by atomic mass is 32.2. The third-order valence-corrected chi connectivity index (χ3v) is 5.71. The van der Waals surface area contributed by atoms with Crippen LogP contribution in [0.3, 0.4) is 0 Å². The summed E-state index contributed by atoms with van der Waals surface area (Å²) < 4.78 is 3.40. The average Bonchev–Trinajstić information content (AvgIpc) is 3.19. The Kier molecular flexibility index (Phi) is 4.49. The highest BCUT2D eigenvalue weighted by Gasteiger charge is 2.30. The van der Waals surface area contributed by atoms with Gasteiger partial charge in [0.25, 0.3) is 5.56 Å². The second kappa shape index (κ2) is 6.73. The zero-order chi connectivity index (χ0) is 20.1. The molecule has 4 heterocycles. The van der Waals surface area contributed by atoms with Gasteiger partial charge in [-0.1, -0.05) is 11.8 Å². The molecule has 8 nitrogen and oxygen atoms in total. The van der Waals surface area contributed by atoms with Gasteiger partial charge in [0.05, 0.1) is 17.8 Å². The maximum Gasteiger partial charge on any atom is 0.265 e. The standard InChI is InChI=1S/C19H22N6O2S/c1-11-5-6-20-14(7-11)22-15(26)8-12-10-28-18-23-16-13(17(27)24(12)18)9-21-25(16)19(2,3)4/h5-7,9,12H,8,10H2,1-4H3,(H,20,22,26). The topological polar surface area (TPSA) is 94.7 Å². The maximum atomic E-state index is 13.1. The molecule has 3 aromatic rings. The monoisotopic (exact) mass is 398 g/mol. The molecule has 0 bridgehead atoms. The molecule has 1 unspecified atom stereocenters.